The number of rotatable bonds is 2. The second-order valence-corrected chi connectivity index (χ2v) is 6.63. The fraction of sp³-hybridized carbons (Fsp3) is 0.643. The highest BCUT2D eigenvalue weighted by atomic mass is 32.1. The van der Waals surface area contributed by atoms with E-state index in [-0.39, 0.29) is 0 Å². The minimum atomic E-state index is 0.701. The van der Waals surface area contributed by atoms with E-state index < -0.39 is 0 Å². The topological polar surface area (TPSA) is 16.1 Å². The van der Waals surface area contributed by atoms with Gasteiger partial charge in [0.05, 0.1) is 12.2 Å². The molecule has 1 saturated heterocycles. The van der Waals surface area contributed by atoms with Crippen LogP contribution in [-0.4, -0.2) is 22.0 Å². The Bertz CT molecular complexity index is 441. The zero-order chi connectivity index (χ0) is 11.2. The molecule has 2 unspecified atom stereocenters. The smallest absolute Gasteiger partial charge is 0.107 e. The maximum atomic E-state index is 4.83. The van der Waals surface area contributed by atoms with Gasteiger partial charge in [-0.15, -0.1) is 11.3 Å². The molecule has 3 heterocycles. The number of thiazole rings is 1. The maximum Gasteiger partial charge on any atom is 0.107 e. The molecule has 0 spiro atoms. The number of hydrogen-bond acceptors (Lipinski definition) is 3. The molecule has 2 aliphatic heterocycles. The molecule has 2 nitrogen and oxygen atoms in total. The molecule has 0 radical (unpaired) electrons. The van der Waals surface area contributed by atoms with Crippen LogP contribution in [0.25, 0.3) is 0 Å². The highest BCUT2D eigenvalue weighted by Crippen LogP contribution is 2.35. The van der Waals surface area contributed by atoms with E-state index in [9.17, 15) is 0 Å². The quantitative estimate of drug-likeness (QED) is 0.746. The van der Waals surface area contributed by atoms with E-state index in [0.29, 0.717) is 6.04 Å². The van der Waals surface area contributed by atoms with E-state index in [1.807, 2.05) is 11.3 Å². The Balaban J connectivity index is 1.55. The van der Waals surface area contributed by atoms with Crippen molar-refractivity contribution < 1.29 is 0 Å². The van der Waals surface area contributed by atoms with E-state index in [2.05, 4.69) is 17.1 Å². The Morgan fingerprint density at radius 1 is 1.35 bits per heavy atom. The summed E-state index contributed by atoms with van der Waals surface area (Å²) < 4.78 is 0. The van der Waals surface area contributed by atoms with Crippen molar-refractivity contribution in [2.75, 3.05) is 0 Å². The van der Waals surface area contributed by atoms with E-state index in [1.165, 1.54) is 49.2 Å². The summed E-state index contributed by atoms with van der Waals surface area (Å²) in [6.45, 7) is 1.09. The van der Waals surface area contributed by atoms with Gasteiger partial charge in [0.2, 0.25) is 0 Å². The number of hydrogen-bond donors (Lipinski definition) is 0. The lowest BCUT2D eigenvalue weighted by atomic mass is 10.1. The van der Waals surface area contributed by atoms with Gasteiger partial charge >= 0.3 is 0 Å². The van der Waals surface area contributed by atoms with Crippen molar-refractivity contribution in [3.63, 3.8) is 0 Å². The van der Waals surface area contributed by atoms with Crippen molar-refractivity contribution in [2.24, 2.45) is 0 Å². The minimum absolute atomic E-state index is 0.701. The van der Waals surface area contributed by atoms with Gasteiger partial charge in [-0.1, -0.05) is 12.2 Å². The first kappa shape index (κ1) is 10.3. The van der Waals surface area contributed by atoms with Crippen LogP contribution < -0.4 is 0 Å². The van der Waals surface area contributed by atoms with Gasteiger partial charge in [0.25, 0.3) is 0 Å². The zero-order valence-corrected chi connectivity index (χ0v) is 10.9. The van der Waals surface area contributed by atoms with Crippen LogP contribution in [0.15, 0.2) is 12.2 Å². The van der Waals surface area contributed by atoms with Crippen molar-refractivity contribution >= 4 is 11.3 Å². The third kappa shape index (κ3) is 1.67. The summed E-state index contributed by atoms with van der Waals surface area (Å²) in [6.07, 6.45) is 12.6. The van der Waals surface area contributed by atoms with Crippen LogP contribution in [-0.2, 0) is 19.4 Å². The van der Waals surface area contributed by atoms with E-state index in [1.54, 1.807) is 4.88 Å². The van der Waals surface area contributed by atoms with Crippen LogP contribution in [0.3, 0.4) is 0 Å². The van der Waals surface area contributed by atoms with Crippen molar-refractivity contribution in [1.29, 1.82) is 0 Å². The molecule has 0 N–H and O–H groups in total. The van der Waals surface area contributed by atoms with E-state index >= 15 is 0 Å². The Labute approximate surface area is 106 Å². The first-order valence-electron chi connectivity index (χ1n) is 6.80. The fourth-order valence-corrected chi connectivity index (χ4v) is 4.70. The van der Waals surface area contributed by atoms with Crippen LogP contribution in [0, 0.1) is 0 Å². The van der Waals surface area contributed by atoms with Gasteiger partial charge in [-0.05, 0) is 38.5 Å². The van der Waals surface area contributed by atoms with Gasteiger partial charge in [0, 0.05) is 17.0 Å². The van der Waals surface area contributed by atoms with Gasteiger partial charge < -0.3 is 0 Å². The summed E-state index contributed by atoms with van der Waals surface area (Å²) in [7, 11) is 0. The molecular formula is C14H18N2S. The van der Waals surface area contributed by atoms with Gasteiger partial charge in [0.15, 0.2) is 0 Å². The molecule has 1 aromatic rings. The van der Waals surface area contributed by atoms with Crippen LogP contribution in [0.1, 0.15) is 41.3 Å². The number of fused-ring (bicyclic) bond motifs is 3. The lowest BCUT2D eigenvalue weighted by Gasteiger charge is -2.30. The largest absolute Gasteiger partial charge is 0.287 e. The molecule has 4 rings (SSSR count). The summed E-state index contributed by atoms with van der Waals surface area (Å²) in [5.41, 5.74) is 1.41. The highest BCUT2D eigenvalue weighted by Gasteiger charge is 2.34. The standard InChI is InChI=1S/C14H18N2S/c1-3-10-7-8-11(4-1)16(10)9-14-15-12-5-2-6-13(12)17-14/h1,3,10-11H,2,4-9H2. The van der Waals surface area contributed by atoms with Gasteiger partial charge in [0.1, 0.15) is 5.01 Å². The van der Waals surface area contributed by atoms with Crippen molar-refractivity contribution in [2.45, 2.75) is 57.2 Å². The SMILES string of the molecule is C1=CC2CCC(C1)N2Cc1nc2c(s1)CCC2. The number of nitrogens with zero attached hydrogens (tertiary/aromatic N) is 2. The molecule has 0 amide bonds. The van der Waals surface area contributed by atoms with Crippen LogP contribution in [0.2, 0.25) is 0 Å². The summed E-state index contributed by atoms with van der Waals surface area (Å²) in [5.74, 6) is 0. The molecule has 1 aliphatic carbocycles. The lowest BCUT2D eigenvalue weighted by molar-refractivity contribution is 0.200. The normalized spacial score (nSPS) is 31.1. The highest BCUT2D eigenvalue weighted by molar-refractivity contribution is 7.11. The van der Waals surface area contributed by atoms with Gasteiger partial charge in [-0.2, -0.15) is 0 Å². The third-order valence-electron chi connectivity index (χ3n) is 4.41. The second-order valence-electron chi connectivity index (χ2n) is 5.47. The Kier molecular flexibility index (Phi) is 2.37. The Hall–Kier alpha value is -0.670. The molecule has 0 aromatic carbocycles. The molecule has 0 saturated carbocycles. The monoisotopic (exact) mass is 246 g/mol. The summed E-state index contributed by atoms with van der Waals surface area (Å²) in [6, 6.07) is 1.50. The zero-order valence-electron chi connectivity index (χ0n) is 10.1. The van der Waals surface area contributed by atoms with Gasteiger partial charge in [-0.25, -0.2) is 4.98 Å². The average molecular weight is 246 g/mol. The van der Waals surface area contributed by atoms with Crippen LogP contribution >= 0.6 is 11.3 Å². The van der Waals surface area contributed by atoms with Crippen LogP contribution in [0.4, 0.5) is 0 Å². The summed E-state index contributed by atoms with van der Waals surface area (Å²) >= 11 is 1.97. The van der Waals surface area contributed by atoms with Crippen molar-refractivity contribution in [3.8, 4) is 0 Å². The van der Waals surface area contributed by atoms with E-state index in [4.69, 9.17) is 4.98 Å². The van der Waals surface area contributed by atoms with Crippen LogP contribution in [0.5, 0.6) is 0 Å². The first-order chi connectivity index (χ1) is 8.40. The molecule has 2 bridgehead atoms. The Morgan fingerprint density at radius 3 is 3.24 bits per heavy atom. The second kappa shape index (κ2) is 3.92. The first-order valence-corrected chi connectivity index (χ1v) is 7.61. The molecule has 3 heteroatoms. The predicted octanol–water partition coefficient (Wildman–Crippen LogP) is 2.92. The van der Waals surface area contributed by atoms with Crippen molar-refractivity contribution in [3.05, 3.63) is 27.7 Å². The Morgan fingerprint density at radius 2 is 2.35 bits per heavy atom. The fourth-order valence-electron chi connectivity index (χ4n) is 3.53. The van der Waals surface area contributed by atoms with Gasteiger partial charge in [-0.3, -0.25) is 4.90 Å². The number of aromatic nitrogens is 1. The number of aryl methyl sites for hydroxylation is 2. The molecule has 2 atom stereocenters. The predicted molar refractivity (Wildman–Crippen MR) is 70.2 cm³/mol. The average Bonchev–Trinajstić information content (AvgIpc) is 2.93. The molecular weight excluding hydrogens is 228 g/mol. The molecule has 3 aliphatic rings. The molecule has 1 aromatic heterocycles. The summed E-state index contributed by atoms with van der Waals surface area (Å²) in [5, 5.41) is 1.36. The lowest BCUT2D eigenvalue weighted by Crippen LogP contribution is -2.36. The minimum Gasteiger partial charge on any atom is -0.287 e. The summed E-state index contributed by atoms with van der Waals surface area (Å²) in [4.78, 5) is 9.08. The maximum absolute atomic E-state index is 4.83. The van der Waals surface area contributed by atoms with Crippen molar-refractivity contribution in [1.82, 2.24) is 9.88 Å². The molecule has 1 fully saturated rings. The third-order valence-corrected chi connectivity index (χ3v) is 5.56. The molecule has 17 heavy (non-hydrogen) atoms. The molecule has 90 valence electrons. The van der Waals surface area contributed by atoms with E-state index in [0.717, 1.165) is 12.6 Å².